The molecule has 2 bridgehead atoms. The number of fused-ring (bicyclic) bond motifs is 5. The van der Waals surface area contributed by atoms with Crippen LogP contribution >= 0.6 is 69.6 Å². The Morgan fingerprint density at radius 1 is 0.762 bits per heavy atom. The number of allylic oxidation sites excluding steroid dienone is 2. The molecule has 0 unspecified atom stereocenters. The van der Waals surface area contributed by atoms with Gasteiger partial charge in [-0.05, 0) is 12.1 Å². The summed E-state index contributed by atoms with van der Waals surface area (Å²) in [5.41, 5.74) is 0.945. The second-order valence-corrected chi connectivity index (χ2v) is 7.96. The van der Waals surface area contributed by atoms with E-state index in [0.717, 1.165) is 0 Å². The Morgan fingerprint density at radius 2 is 1.10 bits per heavy atom. The van der Waals surface area contributed by atoms with Crippen molar-refractivity contribution in [3.8, 4) is 11.5 Å². The van der Waals surface area contributed by atoms with Crippen molar-refractivity contribution in [3.05, 3.63) is 33.3 Å². The van der Waals surface area contributed by atoms with E-state index < -0.39 is 14.1 Å². The van der Waals surface area contributed by atoms with E-state index in [1.54, 1.807) is 12.1 Å². The number of methoxy groups -OCH3 is 2. The first-order valence-electron chi connectivity index (χ1n) is 5.77. The molecule has 0 amide bonds. The molecule has 2 atom stereocenters. The van der Waals surface area contributed by atoms with E-state index >= 15 is 0 Å². The maximum Gasteiger partial charge on any atom is 0.174 e. The molecule has 21 heavy (non-hydrogen) atoms. The number of benzene rings is 1. The molecule has 3 rings (SSSR count). The van der Waals surface area contributed by atoms with Crippen molar-refractivity contribution in [2.24, 2.45) is 0 Å². The largest absolute Gasteiger partial charge is 0.496 e. The predicted octanol–water partition coefficient (Wildman–Crippen LogP) is 5.46. The highest BCUT2D eigenvalue weighted by atomic mass is 35.5. The molecule has 0 spiro atoms. The fourth-order valence-electron chi connectivity index (χ4n) is 2.94. The van der Waals surface area contributed by atoms with Crippen molar-refractivity contribution in [2.45, 2.75) is 14.1 Å². The molecule has 2 aliphatic rings. The molecule has 1 aromatic carbocycles. The number of rotatable bonds is 2. The molecule has 0 heterocycles. The van der Waals surface area contributed by atoms with Crippen LogP contribution in [-0.4, -0.2) is 18.6 Å². The monoisotopic (exact) mass is 406 g/mol. The average molecular weight is 409 g/mol. The van der Waals surface area contributed by atoms with Crippen LogP contribution in [0.1, 0.15) is 11.1 Å². The number of hydrogen-bond donors (Lipinski definition) is 0. The van der Waals surface area contributed by atoms with Gasteiger partial charge in [-0.15, -0.1) is 23.2 Å². The van der Waals surface area contributed by atoms with Crippen LogP contribution < -0.4 is 9.47 Å². The van der Waals surface area contributed by atoms with E-state index in [2.05, 4.69) is 0 Å². The SMILES string of the molecule is COc1ccc(OC)c2c1[C@]1(Cl)C(Cl)=C(Cl)[C@@]2(Cl)C1(Cl)Cl. The molecule has 0 saturated carbocycles. The Hall–Kier alpha value is 0.300. The highest BCUT2D eigenvalue weighted by Gasteiger charge is 2.79. The predicted molar refractivity (Wildman–Crippen MR) is 87.8 cm³/mol. The molecular weight excluding hydrogens is 401 g/mol. The fourth-order valence-corrected chi connectivity index (χ4v) is 5.64. The van der Waals surface area contributed by atoms with Gasteiger partial charge in [0.05, 0.1) is 24.3 Å². The van der Waals surface area contributed by atoms with E-state index in [4.69, 9.17) is 79.1 Å². The van der Waals surface area contributed by atoms with Crippen LogP contribution in [0.25, 0.3) is 0 Å². The van der Waals surface area contributed by atoms with Gasteiger partial charge in [0.1, 0.15) is 21.2 Å². The first kappa shape index (κ1) is 16.2. The maximum absolute atomic E-state index is 6.71. The Bertz CT molecular complexity index is 630. The standard InChI is InChI=1S/C13H8Cl6O2/c1-20-5-3-4-6(21-2)8-7(5)11(16)9(14)10(15)12(8,17)13(11,18)19/h3-4H,1-2H3/t11-,12+. The molecule has 0 aliphatic heterocycles. The maximum atomic E-state index is 6.71. The molecule has 2 nitrogen and oxygen atoms in total. The number of halogens is 6. The second-order valence-electron chi connectivity index (χ2n) is 4.74. The zero-order valence-electron chi connectivity index (χ0n) is 10.7. The summed E-state index contributed by atoms with van der Waals surface area (Å²) in [6.07, 6.45) is 0. The highest BCUT2D eigenvalue weighted by molar-refractivity contribution is 6.65. The minimum atomic E-state index is -1.69. The summed E-state index contributed by atoms with van der Waals surface area (Å²) in [6.45, 7) is 0. The molecule has 114 valence electrons. The fraction of sp³-hybridized carbons (Fsp3) is 0.385. The van der Waals surface area contributed by atoms with Crippen molar-refractivity contribution < 1.29 is 9.47 Å². The van der Waals surface area contributed by atoms with Gasteiger partial charge in [0, 0.05) is 11.1 Å². The molecule has 2 aliphatic carbocycles. The summed E-state index contributed by atoms with van der Waals surface area (Å²) in [5.74, 6) is 0.910. The van der Waals surface area contributed by atoms with Crippen LogP contribution in [0.4, 0.5) is 0 Å². The molecule has 0 saturated heterocycles. The van der Waals surface area contributed by atoms with Crippen LogP contribution in [0.5, 0.6) is 11.5 Å². The molecule has 0 N–H and O–H groups in total. The van der Waals surface area contributed by atoms with Gasteiger partial charge in [-0.3, -0.25) is 0 Å². The summed E-state index contributed by atoms with van der Waals surface area (Å²) in [6, 6.07) is 3.37. The van der Waals surface area contributed by atoms with Gasteiger partial charge in [-0.1, -0.05) is 46.4 Å². The molecule has 0 aromatic heterocycles. The normalized spacial score (nSPS) is 32.4. The molecule has 8 heteroatoms. The van der Waals surface area contributed by atoms with Gasteiger partial charge in [0.25, 0.3) is 0 Å². The van der Waals surface area contributed by atoms with Crippen molar-refractivity contribution >= 4 is 69.6 Å². The van der Waals surface area contributed by atoms with E-state index in [0.29, 0.717) is 22.6 Å². The van der Waals surface area contributed by atoms with E-state index in [1.165, 1.54) is 14.2 Å². The lowest BCUT2D eigenvalue weighted by Crippen LogP contribution is -2.39. The van der Waals surface area contributed by atoms with Gasteiger partial charge in [0.2, 0.25) is 0 Å². The van der Waals surface area contributed by atoms with Gasteiger partial charge in [-0.2, -0.15) is 0 Å². The van der Waals surface area contributed by atoms with Crippen LogP contribution in [0.2, 0.25) is 0 Å². The van der Waals surface area contributed by atoms with Crippen molar-refractivity contribution in [2.75, 3.05) is 14.2 Å². The summed E-state index contributed by atoms with van der Waals surface area (Å²) in [4.78, 5) is -3.02. The molecule has 0 radical (unpaired) electrons. The number of alkyl halides is 4. The third-order valence-electron chi connectivity index (χ3n) is 3.92. The van der Waals surface area contributed by atoms with Gasteiger partial charge < -0.3 is 9.47 Å². The van der Waals surface area contributed by atoms with Crippen molar-refractivity contribution in [1.29, 1.82) is 0 Å². The summed E-state index contributed by atoms with van der Waals surface area (Å²) < 4.78 is 9.02. The molecular formula is C13H8Cl6O2. The molecule has 0 fully saturated rings. The zero-order valence-corrected chi connectivity index (χ0v) is 15.3. The van der Waals surface area contributed by atoms with Crippen molar-refractivity contribution in [1.82, 2.24) is 0 Å². The second kappa shape index (κ2) is 4.66. The van der Waals surface area contributed by atoms with Gasteiger partial charge in [0.15, 0.2) is 4.33 Å². The minimum Gasteiger partial charge on any atom is -0.496 e. The number of hydrogen-bond acceptors (Lipinski definition) is 2. The Kier molecular flexibility index (Phi) is 3.58. The summed E-state index contributed by atoms with van der Waals surface area (Å²) in [5, 5.41) is 0.176. The van der Waals surface area contributed by atoms with E-state index in [9.17, 15) is 0 Å². The first-order valence-corrected chi connectivity index (χ1v) is 8.04. The van der Waals surface area contributed by atoms with Gasteiger partial charge >= 0.3 is 0 Å². The molecule has 1 aromatic rings. The lowest BCUT2D eigenvalue weighted by molar-refractivity contribution is 0.394. The third kappa shape index (κ3) is 1.50. The smallest absolute Gasteiger partial charge is 0.174 e. The zero-order chi connectivity index (χ0) is 15.8. The first-order chi connectivity index (χ1) is 9.69. The summed E-state index contributed by atoms with van der Waals surface area (Å²) >= 11 is 39.0. The number of ether oxygens (including phenoxy) is 2. The van der Waals surface area contributed by atoms with Crippen LogP contribution in [0.3, 0.4) is 0 Å². The quantitative estimate of drug-likeness (QED) is 0.605. The Balaban J connectivity index is 2.51. The average Bonchev–Trinajstić information content (AvgIpc) is 2.67. The lowest BCUT2D eigenvalue weighted by atomic mass is 9.93. The van der Waals surface area contributed by atoms with Crippen molar-refractivity contribution in [3.63, 3.8) is 0 Å². The Morgan fingerprint density at radius 3 is 1.38 bits per heavy atom. The van der Waals surface area contributed by atoms with Crippen LogP contribution in [-0.2, 0) is 9.75 Å². The minimum absolute atomic E-state index is 0.0879. The highest BCUT2D eigenvalue weighted by Crippen LogP contribution is 2.79. The van der Waals surface area contributed by atoms with Crippen LogP contribution in [0, 0.1) is 0 Å². The van der Waals surface area contributed by atoms with Gasteiger partial charge in [-0.25, -0.2) is 0 Å². The third-order valence-corrected chi connectivity index (χ3v) is 8.00. The topological polar surface area (TPSA) is 18.5 Å². The van der Waals surface area contributed by atoms with E-state index in [-0.39, 0.29) is 10.1 Å². The Labute approximate surface area is 151 Å². The lowest BCUT2D eigenvalue weighted by Gasteiger charge is -2.31. The van der Waals surface area contributed by atoms with Crippen LogP contribution in [0.15, 0.2) is 22.2 Å². The van der Waals surface area contributed by atoms with E-state index in [1.807, 2.05) is 0 Å². The summed E-state index contributed by atoms with van der Waals surface area (Å²) in [7, 11) is 3.00.